The maximum atomic E-state index is 5.75. The molecule has 2 heteroatoms. The molecule has 0 amide bonds. The van der Waals surface area contributed by atoms with Crippen LogP contribution in [-0.2, 0) is 0 Å². The molecule has 2 atom stereocenters. The first kappa shape index (κ1) is 15.7. The summed E-state index contributed by atoms with van der Waals surface area (Å²) in [6, 6.07) is 0.954. The van der Waals surface area contributed by atoms with E-state index in [0.717, 1.165) is 18.9 Å². The largest absolute Gasteiger partial charge is 0.328 e. The second-order valence-corrected chi connectivity index (χ2v) is 5.35. The molecule has 0 spiro atoms. The molecule has 0 fully saturated rings. The van der Waals surface area contributed by atoms with Crippen LogP contribution in [0.3, 0.4) is 0 Å². The summed E-state index contributed by atoms with van der Waals surface area (Å²) in [4.78, 5) is 2.48. The van der Waals surface area contributed by atoms with Crippen LogP contribution in [0.2, 0.25) is 0 Å². The maximum absolute atomic E-state index is 5.75. The predicted molar refractivity (Wildman–Crippen MR) is 73.6 cm³/mol. The normalized spacial score (nSPS) is 15.4. The summed E-state index contributed by atoms with van der Waals surface area (Å²) in [5.74, 6) is 0.751. The Bertz CT molecular complexity index is 176. The molecule has 2 unspecified atom stereocenters. The van der Waals surface area contributed by atoms with Crippen molar-refractivity contribution in [2.75, 3.05) is 13.1 Å². The smallest absolute Gasteiger partial charge is 0.0163 e. The quantitative estimate of drug-likeness (QED) is 0.612. The SMILES string of the molecule is C=CCN(CC(C)CCCC(C)N)C(C)C. The van der Waals surface area contributed by atoms with Gasteiger partial charge in [-0.25, -0.2) is 0 Å². The fourth-order valence-electron chi connectivity index (χ4n) is 1.94. The van der Waals surface area contributed by atoms with Crippen LogP contribution in [0.1, 0.15) is 47.0 Å². The van der Waals surface area contributed by atoms with E-state index in [-0.39, 0.29) is 0 Å². The second-order valence-electron chi connectivity index (χ2n) is 5.35. The fraction of sp³-hybridized carbons (Fsp3) is 0.857. The van der Waals surface area contributed by atoms with Crippen molar-refractivity contribution in [1.82, 2.24) is 4.90 Å². The van der Waals surface area contributed by atoms with Gasteiger partial charge in [-0.2, -0.15) is 0 Å². The van der Waals surface area contributed by atoms with Gasteiger partial charge in [-0.15, -0.1) is 6.58 Å². The van der Waals surface area contributed by atoms with Gasteiger partial charge in [0.2, 0.25) is 0 Å². The first-order valence-electron chi connectivity index (χ1n) is 6.57. The van der Waals surface area contributed by atoms with E-state index in [9.17, 15) is 0 Å². The molecular formula is C14H30N2. The van der Waals surface area contributed by atoms with E-state index in [1.807, 2.05) is 6.08 Å². The highest BCUT2D eigenvalue weighted by atomic mass is 15.1. The summed E-state index contributed by atoms with van der Waals surface area (Å²) in [5, 5.41) is 0. The van der Waals surface area contributed by atoms with Gasteiger partial charge in [0.25, 0.3) is 0 Å². The van der Waals surface area contributed by atoms with E-state index in [1.165, 1.54) is 19.4 Å². The molecule has 0 rings (SSSR count). The van der Waals surface area contributed by atoms with Gasteiger partial charge < -0.3 is 5.73 Å². The fourth-order valence-corrected chi connectivity index (χ4v) is 1.94. The van der Waals surface area contributed by atoms with Gasteiger partial charge in [-0.3, -0.25) is 4.90 Å². The Balaban J connectivity index is 3.81. The van der Waals surface area contributed by atoms with Gasteiger partial charge in [0.05, 0.1) is 0 Å². The summed E-state index contributed by atoms with van der Waals surface area (Å²) in [7, 11) is 0. The monoisotopic (exact) mass is 226 g/mol. The number of rotatable bonds is 9. The lowest BCUT2D eigenvalue weighted by molar-refractivity contribution is 0.206. The molecule has 0 aliphatic heterocycles. The Morgan fingerprint density at radius 3 is 2.25 bits per heavy atom. The molecule has 2 nitrogen and oxygen atoms in total. The molecule has 2 N–H and O–H groups in total. The van der Waals surface area contributed by atoms with Gasteiger partial charge in [0, 0.05) is 25.2 Å². The third kappa shape index (κ3) is 7.89. The average molecular weight is 226 g/mol. The van der Waals surface area contributed by atoms with Crippen molar-refractivity contribution in [1.29, 1.82) is 0 Å². The van der Waals surface area contributed by atoms with Gasteiger partial charge in [-0.05, 0) is 39.5 Å². The van der Waals surface area contributed by atoms with Crippen LogP contribution >= 0.6 is 0 Å². The van der Waals surface area contributed by atoms with E-state index in [1.54, 1.807) is 0 Å². The van der Waals surface area contributed by atoms with Gasteiger partial charge in [0.1, 0.15) is 0 Å². The minimum atomic E-state index is 0.349. The maximum Gasteiger partial charge on any atom is 0.0163 e. The van der Waals surface area contributed by atoms with Crippen LogP contribution in [0.25, 0.3) is 0 Å². The first-order chi connectivity index (χ1) is 7.47. The molecule has 16 heavy (non-hydrogen) atoms. The van der Waals surface area contributed by atoms with Gasteiger partial charge in [-0.1, -0.05) is 19.4 Å². The standard InChI is InChI=1S/C14H30N2/c1-6-10-16(12(2)3)11-13(4)8-7-9-14(5)15/h6,12-14H,1,7-11,15H2,2-5H3. The van der Waals surface area contributed by atoms with Crippen LogP contribution in [0.15, 0.2) is 12.7 Å². The third-order valence-electron chi connectivity index (χ3n) is 3.00. The van der Waals surface area contributed by atoms with Crippen molar-refractivity contribution in [3.05, 3.63) is 12.7 Å². The van der Waals surface area contributed by atoms with Crippen LogP contribution in [0, 0.1) is 5.92 Å². The zero-order valence-corrected chi connectivity index (χ0v) is 11.6. The lowest BCUT2D eigenvalue weighted by atomic mass is 10.0. The van der Waals surface area contributed by atoms with Crippen LogP contribution in [-0.4, -0.2) is 30.1 Å². The van der Waals surface area contributed by atoms with E-state index >= 15 is 0 Å². The number of hydrogen-bond donors (Lipinski definition) is 1. The van der Waals surface area contributed by atoms with Crippen LogP contribution in [0.4, 0.5) is 0 Å². The zero-order valence-electron chi connectivity index (χ0n) is 11.6. The summed E-state index contributed by atoms with van der Waals surface area (Å²) in [5.41, 5.74) is 5.75. The van der Waals surface area contributed by atoms with E-state index in [0.29, 0.717) is 12.1 Å². The summed E-state index contributed by atoms with van der Waals surface area (Å²) in [6.07, 6.45) is 5.67. The lowest BCUT2D eigenvalue weighted by Gasteiger charge is -2.28. The highest BCUT2D eigenvalue weighted by Crippen LogP contribution is 2.12. The molecule has 0 bridgehead atoms. The van der Waals surface area contributed by atoms with Gasteiger partial charge >= 0.3 is 0 Å². The van der Waals surface area contributed by atoms with Crippen molar-refractivity contribution in [3.8, 4) is 0 Å². The third-order valence-corrected chi connectivity index (χ3v) is 3.00. The molecule has 0 aromatic rings. The minimum absolute atomic E-state index is 0.349. The summed E-state index contributed by atoms with van der Waals surface area (Å²) in [6.45, 7) is 14.9. The average Bonchev–Trinajstić information content (AvgIpc) is 2.16. The first-order valence-corrected chi connectivity index (χ1v) is 6.57. The summed E-state index contributed by atoms with van der Waals surface area (Å²) >= 11 is 0. The van der Waals surface area contributed by atoms with Crippen LogP contribution in [0.5, 0.6) is 0 Å². The Morgan fingerprint density at radius 2 is 1.81 bits per heavy atom. The van der Waals surface area contributed by atoms with Crippen molar-refractivity contribution >= 4 is 0 Å². The topological polar surface area (TPSA) is 29.3 Å². The molecule has 0 aliphatic carbocycles. The van der Waals surface area contributed by atoms with Crippen molar-refractivity contribution < 1.29 is 0 Å². The highest BCUT2D eigenvalue weighted by molar-refractivity contribution is 4.77. The van der Waals surface area contributed by atoms with Crippen molar-refractivity contribution in [2.45, 2.75) is 59.0 Å². The minimum Gasteiger partial charge on any atom is -0.328 e. The molecular weight excluding hydrogens is 196 g/mol. The molecule has 0 radical (unpaired) electrons. The molecule has 0 saturated carbocycles. The zero-order chi connectivity index (χ0) is 12.6. The second kappa shape index (κ2) is 8.77. The van der Waals surface area contributed by atoms with Crippen molar-refractivity contribution in [3.63, 3.8) is 0 Å². The number of hydrogen-bond acceptors (Lipinski definition) is 2. The Hall–Kier alpha value is -0.340. The Morgan fingerprint density at radius 1 is 1.19 bits per heavy atom. The van der Waals surface area contributed by atoms with E-state index in [4.69, 9.17) is 5.73 Å². The molecule has 0 aliphatic rings. The number of nitrogens with zero attached hydrogens (tertiary/aromatic N) is 1. The number of nitrogens with two attached hydrogens (primary N) is 1. The van der Waals surface area contributed by atoms with E-state index in [2.05, 4.69) is 39.2 Å². The Labute approximate surface area is 102 Å². The molecule has 0 aromatic heterocycles. The molecule has 0 saturated heterocycles. The lowest BCUT2D eigenvalue weighted by Crippen LogP contribution is -2.34. The molecule has 96 valence electrons. The van der Waals surface area contributed by atoms with Crippen LogP contribution < -0.4 is 5.73 Å². The van der Waals surface area contributed by atoms with E-state index < -0.39 is 0 Å². The van der Waals surface area contributed by atoms with Gasteiger partial charge in [0.15, 0.2) is 0 Å². The predicted octanol–water partition coefficient (Wildman–Crippen LogP) is 3.04. The summed E-state index contributed by atoms with van der Waals surface area (Å²) < 4.78 is 0. The molecule has 0 aromatic carbocycles. The highest BCUT2D eigenvalue weighted by Gasteiger charge is 2.12. The molecule has 0 heterocycles. The van der Waals surface area contributed by atoms with Crippen molar-refractivity contribution in [2.24, 2.45) is 11.7 Å². The Kier molecular flexibility index (Phi) is 8.58.